The number of ether oxygens (including phenoxy) is 2. The molecule has 2 aliphatic rings. The largest absolute Gasteiger partial charge is 0.454 e. The SMILES string of the molecule is O=C(CSC1=NCCN1)Nc1ccc2c(c1)OCO2. The van der Waals surface area contributed by atoms with Crippen molar-refractivity contribution in [3.05, 3.63) is 18.2 Å². The van der Waals surface area contributed by atoms with Crippen LogP contribution in [0.4, 0.5) is 5.69 Å². The number of amides is 1. The van der Waals surface area contributed by atoms with Gasteiger partial charge in [0.15, 0.2) is 16.7 Å². The van der Waals surface area contributed by atoms with Crippen LogP contribution in [-0.4, -0.2) is 36.7 Å². The molecule has 19 heavy (non-hydrogen) atoms. The van der Waals surface area contributed by atoms with Crippen molar-refractivity contribution >= 4 is 28.5 Å². The van der Waals surface area contributed by atoms with Crippen molar-refractivity contribution in [1.29, 1.82) is 0 Å². The predicted molar refractivity (Wildman–Crippen MR) is 74.0 cm³/mol. The Bertz CT molecular complexity index is 533. The Morgan fingerprint density at radius 3 is 3.16 bits per heavy atom. The van der Waals surface area contributed by atoms with Gasteiger partial charge in [-0.25, -0.2) is 0 Å². The fourth-order valence-electron chi connectivity index (χ4n) is 1.78. The summed E-state index contributed by atoms with van der Waals surface area (Å²) in [4.78, 5) is 16.0. The standard InChI is InChI=1S/C12H13N3O3S/c16-11(6-19-12-13-3-4-14-12)15-8-1-2-9-10(5-8)18-7-17-9/h1-2,5H,3-4,6-7H2,(H,13,14)(H,15,16). The molecule has 0 radical (unpaired) electrons. The first-order valence-electron chi connectivity index (χ1n) is 5.92. The molecule has 1 aromatic carbocycles. The third-order valence-electron chi connectivity index (χ3n) is 2.64. The maximum atomic E-state index is 11.8. The second-order valence-electron chi connectivity index (χ2n) is 4.02. The Kier molecular flexibility index (Phi) is 3.45. The minimum atomic E-state index is -0.0692. The average molecular weight is 279 g/mol. The van der Waals surface area contributed by atoms with Gasteiger partial charge in [0.25, 0.3) is 0 Å². The lowest BCUT2D eigenvalue weighted by Crippen LogP contribution is -2.20. The molecule has 3 rings (SSSR count). The normalized spacial score (nSPS) is 15.9. The summed E-state index contributed by atoms with van der Waals surface area (Å²) in [5, 5.41) is 6.76. The number of hydrogen-bond acceptors (Lipinski definition) is 6. The zero-order valence-electron chi connectivity index (χ0n) is 10.1. The number of aliphatic imine (C=N–C) groups is 1. The predicted octanol–water partition coefficient (Wildman–Crippen LogP) is 1.05. The molecule has 0 saturated carbocycles. The summed E-state index contributed by atoms with van der Waals surface area (Å²) >= 11 is 1.41. The first kappa shape index (κ1) is 12.2. The quantitative estimate of drug-likeness (QED) is 0.865. The molecular formula is C12H13N3O3S. The molecule has 100 valence electrons. The van der Waals surface area contributed by atoms with E-state index in [1.54, 1.807) is 18.2 Å². The van der Waals surface area contributed by atoms with Crippen molar-refractivity contribution < 1.29 is 14.3 Å². The second kappa shape index (κ2) is 5.40. The molecule has 2 aliphatic heterocycles. The van der Waals surface area contributed by atoms with Gasteiger partial charge in [-0.05, 0) is 12.1 Å². The number of benzene rings is 1. The number of carbonyl (C=O) groups excluding carboxylic acids is 1. The van der Waals surface area contributed by atoms with Gasteiger partial charge in [-0.2, -0.15) is 0 Å². The average Bonchev–Trinajstić information content (AvgIpc) is 3.07. The lowest BCUT2D eigenvalue weighted by Gasteiger charge is -2.06. The highest BCUT2D eigenvalue weighted by atomic mass is 32.2. The van der Waals surface area contributed by atoms with Crippen LogP contribution in [0.15, 0.2) is 23.2 Å². The van der Waals surface area contributed by atoms with Crippen molar-refractivity contribution in [3.63, 3.8) is 0 Å². The summed E-state index contributed by atoms with van der Waals surface area (Å²) in [6.07, 6.45) is 0. The van der Waals surface area contributed by atoms with E-state index in [1.165, 1.54) is 11.8 Å². The molecule has 0 atom stereocenters. The highest BCUT2D eigenvalue weighted by Gasteiger charge is 2.14. The lowest BCUT2D eigenvalue weighted by atomic mass is 10.3. The van der Waals surface area contributed by atoms with E-state index in [0.717, 1.165) is 18.3 Å². The third-order valence-corrected chi connectivity index (χ3v) is 3.59. The van der Waals surface area contributed by atoms with E-state index >= 15 is 0 Å². The zero-order valence-corrected chi connectivity index (χ0v) is 11.0. The van der Waals surface area contributed by atoms with Crippen molar-refractivity contribution in [3.8, 4) is 11.5 Å². The van der Waals surface area contributed by atoms with Crippen LogP contribution < -0.4 is 20.1 Å². The van der Waals surface area contributed by atoms with Crippen LogP contribution in [0.1, 0.15) is 0 Å². The Balaban J connectivity index is 1.54. The molecule has 0 unspecified atom stereocenters. The van der Waals surface area contributed by atoms with E-state index in [4.69, 9.17) is 9.47 Å². The fourth-order valence-corrected chi connectivity index (χ4v) is 2.50. The highest BCUT2D eigenvalue weighted by Crippen LogP contribution is 2.34. The van der Waals surface area contributed by atoms with Crippen LogP contribution in [-0.2, 0) is 4.79 Å². The number of hydrogen-bond donors (Lipinski definition) is 2. The number of anilines is 1. The maximum Gasteiger partial charge on any atom is 0.234 e. The molecule has 6 nitrogen and oxygen atoms in total. The number of rotatable bonds is 3. The van der Waals surface area contributed by atoms with Gasteiger partial charge >= 0.3 is 0 Å². The van der Waals surface area contributed by atoms with Gasteiger partial charge in [0, 0.05) is 18.3 Å². The van der Waals surface area contributed by atoms with E-state index in [2.05, 4.69) is 15.6 Å². The zero-order chi connectivity index (χ0) is 13.1. The van der Waals surface area contributed by atoms with E-state index in [9.17, 15) is 4.79 Å². The molecule has 0 fully saturated rings. The summed E-state index contributed by atoms with van der Waals surface area (Å²) in [6, 6.07) is 5.34. The summed E-state index contributed by atoms with van der Waals surface area (Å²) in [6.45, 7) is 1.87. The number of fused-ring (bicyclic) bond motifs is 1. The molecule has 0 aliphatic carbocycles. The van der Waals surface area contributed by atoms with Crippen LogP contribution in [0.5, 0.6) is 11.5 Å². The molecule has 1 aromatic rings. The van der Waals surface area contributed by atoms with Gasteiger partial charge in [0.1, 0.15) is 0 Å². The topological polar surface area (TPSA) is 72.0 Å². The fraction of sp³-hybridized carbons (Fsp3) is 0.333. The summed E-state index contributed by atoms with van der Waals surface area (Å²) in [7, 11) is 0. The van der Waals surface area contributed by atoms with Gasteiger partial charge in [0.2, 0.25) is 12.7 Å². The smallest absolute Gasteiger partial charge is 0.234 e. The first-order chi connectivity index (χ1) is 9.31. The van der Waals surface area contributed by atoms with E-state index < -0.39 is 0 Å². The number of amidine groups is 1. The number of thioether (sulfide) groups is 1. The number of nitrogens with one attached hydrogen (secondary N) is 2. The first-order valence-corrected chi connectivity index (χ1v) is 6.90. The van der Waals surface area contributed by atoms with Crippen molar-refractivity contribution in [2.24, 2.45) is 4.99 Å². The third kappa shape index (κ3) is 2.93. The van der Waals surface area contributed by atoms with Crippen LogP contribution in [0.3, 0.4) is 0 Å². The van der Waals surface area contributed by atoms with E-state index in [0.29, 0.717) is 22.9 Å². The van der Waals surface area contributed by atoms with Crippen molar-refractivity contribution in [2.45, 2.75) is 0 Å². The lowest BCUT2D eigenvalue weighted by molar-refractivity contribution is -0.113. The van der Waals surface area contributed by atoms with Crippen LogP contribution in [0, 0.1) is 0 Å². The Morgan fingerprint density at radius 2 is 2.32 bits per heavy atom. The van der Waals surface area contributed by atoms with Crippen molar-refractivity contribution in [2.75, 3.05) is 31.0 Å². The van der Waals surface area contributed by atoms with Gasteiger partial charge < -0.3 is 20.1 Å². The Hall–Kier alpha value is -1.89. The summed E-state index contributed by atoms with van der Waals surface area (Å²) in [5.74, 6) is 1.63. The molecule has 2 heterocycles. The van der Waals surface area contributed by atoms with Crippen LogP contribution in [0.25, 0.3) is 0 Å². The molecule has 0 saturated heterocycles. The molecule has 2 N–H and O–H groups in total. The van der Waals surface area contributed by atoms with Crippen LogP contribution in [0.2, 0.25) is 0 Å². The van der Waals surface area contributed by atoms with Gasteiger partial charge in [0.05, 0.1) is 12.3 Å². The molecule has 1 amide bonds. The molecule has 0 aromatic heterocycles. The maximum absolute atomic E-state index is 11.8. The minimum absolute atomic E-state index is 0.0692. The van der Waals surface area contributed by atoms with Crippen molar-refractivity contribution in [1.82, 2.24) is 5.32 Å². The number of carbonyl (C=O) groups is 1. The van der Waals surface area contributed by atoms with Gasteiger partial charge in [-0.3, -0.25) is 9.79 Å². The van der Waals surface area contributed by atoms with Gasteiger partial charge in [-0.1, -0.05) is 11.8 Å². The summed E-state index contributed by atoms with van der Waals surface area (Å²) < 4.78 is 10.5. The van der Waals surface area contributed by atoms with E-state index in [1.807, 2.05) is 0 Å². The molecular weight excluding hydrogens is 266 g/mol. The molecule has 7 heteroatoms. The second-order valence-corrected chi connectivity index (χ2v) is 4.98. The number of nitrogens with zero attached hydrogens (tertiary/aromatic N) is 1. The Labute approximate surface area is 114 Å². The molecule has 0 bridgehead atoms. The van der Waals surface area contributed by atoms with E-state index in [-0.39, 0.29) is 12.7 Å². The van der Waals surface area contributed by atoms with Gasteiger partial charge in [-0.15, -0.1) is 0 Å². The Morgan fingerprint density at radius 1 is 1.42 bits per heavy atom. The summed E-state index contributed by atoms with van der Waals surface area (Å²) in [5.41, 5.74) is 0.705. The minimum Gasteiger partial charge on any atom is -0.454 e. The van der Waals surface area contributed by atoms with Crippen LogP contribution >= 0.6 is 11.8 Å². The molecule has 0 spiro atoms. The monoisotopic (exact) mass is 279 g/mol. The highest BCUT2D eigenvalue weighted by molar-refractivity contribution is 8.14.